The molecule has 1 aliphatic carbocycles. The molecular weight excluding hydrogens is 433 g/mol. The van der Waals surface area contributed by atoms with Crippen molar-refractivity contribution in [1.29, 1.82) is 0 Å². The van der Waals surface area contributed by atoms with Gasteiger partial charge in [0.25, 0.3) is 0 Å². The van der Waals surface area contributed by atoms with Gasteiger partial charge in [0, 0.05) is 50.8 Å². The van der Waals surface area contributed by atoms with Gasteiger partial charge in [-0.25, -0.2) is 0 Å². The van der Waals surface area contributed by atoms with Gasteiger partial charge in [0.05, 0.1) is 6.10 Å². The standard InChI is InChI=1S/C19H23N2O.2C2H6.C2H5.Y/c1-20-18-8-5-14(6-9-18)11-15-4-7-16(12-15)19(22)17-3-2-10-21-13-17;3*1-2;/h2-3,5-6,8-10,13,15-16,19-20,22H,1,4,7,11-12H2;2*1-2H3;1H2,2H3;/q-1;;;-1;. The fraction of sp³-hybridized carbons (Fsp3) is 0.480. The van der Waals surface area contributed by atoms with Crippen LogP contribution in [0, 0.1) is 25.8 Å². The summed E-state index contributed by atoms with van der Waals surface area (Å²) in [6, 6.07) is 12.3. The maximum atomic E-state index is 10.5. The van der Waals surface area contributed by atoms with Gasteiger partial charge in [-0.1, -0.05) is 45.9 Å². The van der Waals surface area contributed by atoms with Gasteiger partial charge in [-0.15, -0.1) is 0 Å². The third kappa shape index (κ3) is 10.7. The molecule has 3 atom stereocenters. The molecule has 1 fully saturated rings. The normalized spacial score (nSPS) is 17.7. The summed E-state index contributed by atoms with van der Waals surface area (Å²) in [6.45, 7) is 13.0. The predicted octanol–water partition coefficient (Wildman–Crippen LogP) is 6.87. The van der Waals surface area contributed by atoms with Crippen LogP contribution in [-0.2, 0) is 39.1 Å². The Kier molecular flexibility index (Phi) is 20.2. The molecule has 3 rings (SSSR count). The molecule has 2 N–H and O–H groups in total. The third-order valence-electron chi connectivity index (χ3n) is 4.74. The summed E-state index contributed by atoms with van der Waals surface area (Å²) in [5.41, 5.74) is 3.35. The van der Waals surface area contributed by atoms with E-state index >= 15 is 0 Å². The van der Waals surface area contributed by atoms with Crippen molar-refractivity contribution in [2.45, 2.75) is 66.4 Å². The first kappa shape index (κ1) is 30.4. The van der Waals surface area contributed by atoms with E-state index in [2.05, 4.69) is 48.5 Å². The number of aliphatic hydroxyl groups is 1. The zero-order valence-corrected chi connectivity index (χ0v) is 21.9. The molecule has 0 spiro atoms. The van der Waals surface area contributed by atoms with Crippen molar-refractivity contribution in [2.75, 3.05) is 5.32 Å². The number of nitrogens with one attached hydrogen (secondary N) is 1. The minimum absolute atomic E-state index is 0. The van der Waals surface area contributed by atoms with Gasteiger partial charge in [-0.2, -0.15) is 6.92 Å². The molecule has 4 heteroatoms. The summed E-state index contributed by atoms with van der Waals surface area (Å²) in [5.74, 6) is 1.02. The van der Waals surface area contributed by atoms with Gasteiger partial charge in [0.2, 0.25) is 0 Å². The second-order valence-corrected chi connectivity index (χ2v) is 6.25. The van der Waals surface area contributed by atoms with Gasteiger partial charge in [-0.05, 0) is 66.8 Å². The predicted molar refractivity (Wildman–Crippen MR) is 123 cm³/mol. The average Bonchev–Trinajstić information content (AvgIpc) is 3.27. The third-order valence-corrected chi connectivity index (χ3v) is 4.74. The summed E-state index contributed by atoms with van der Waals surface area (Å²) >= 11 is 0. The molecule has 1 aliphatic rings. The second kappa shape index (κ2) is 19.2. The molecule has 1 aromatic heterocycles. The first-order chi connectivity index (χ1) is 13.8. The number of benzene rings is 1. The minimum atomic E-state index is -0.378. The first-order valence-electron chi connectivity index (χ1n) is 10.7. The molecule has 1 radical (unpaired) electrons. The van der Waals surface area contributed by atoms with Crippen LogP contribution in [0.2, 0.25) is 0 Å². The molecule has 0 bridgehead atoms. The Morgan fingerprint density at radius 1 is 1.07 bits per heavy atom. The number of aromatic nitrogens is 1. The molecule has 161 valence electrons. The molecule has 3 unspecified atom stereocenters. The average molecular weight is 474 g/mol. The zero-order chi connectivity index (χ0) is 21.4. The molecule has 0 saturated heterocycles. The van der Waals surface area contributed by atoms with Gasteiger partial charge >= 0.3 is 0 Å². The number of rotatable bonds is 5. The molecule has 0 amide bonds. The Morgan fingerprint density at radius 2 is 1.69 bits per heavy atom. The summed E-state index contributed by atoms with van der Waals surface area (Å²) < 4.78 is 0. The summed E-state index contributed by atoms with van der Waals surface area (Å²) in [7, 11) is 3.66. The van der Waals surface area contributed by atoms with Crippen molar-refractivity contribution in [3.05, 3.63) is 73.9 Å². The molecule has 2 aromatic rings. The summed E-state index contributed by atoms with van der Waals surface area (Å²) in [4.78, 5) is 4.11. The van der Waals surface area contributed by atoms with Crippen molar-refractivity contribution >= 4 is 5.69 Å². The van der Waals surface area contributed by atoms with Gasteiger partial charge in [0.15, 0.2) is 0 Å². The van der Waals surface area contributed by atoms with Crippen LogP contribution in [0.4, 0.5) is 5.69 Å². The van der Waals surface area contributed by atoms with Crippen LogP contribution >= 0.6 is 0 Å². The van der Waals surface area contributed by atoms with Crippen molar-refractivity contribution in [3.63, 3.8) is 0 Å². The largest absolute Gasteiger partial charge is 0.538 e. The van der Waals surface area contributed by atoms with Crippen LogP contribution in [0.1, 0.15) is 71.1 Å². The van der Waals surface area contributed by atoms with E-state index in [1.54, 1.807) is 19.3 Å². The SMILES string of the molecule is CC.CC.[CH2-]C.[CH2-]Nc1ccc(CC2CCC(C(O)c3cccnc3)C2)cc1.[Y]. The summed E-state index contributed by atoms with van der Waals surface area (Å²) in [5, 5.41) is 13.4. The number of anilines is 1. The Balaban J connectivity index is 0. The maximum Gasteiger partial charge on any atom is 0.0833 e. The number of pyridine rings is 1. The Labute approximate surface area is 205 Å². The fourth-order valence-corrected chi connectivity index (χ4v) is 3.50. The Bertz CT molecular complexity index is 590. The molecule has 1 heterocycles. The smallest absolute Gasteiger partial charge is 0.0833 e. The monoisotopic (exact) mass is 473 g/mol. The van der Waals surface area contributed by atoms with Crippen molar-refractivity contribution in [3.8, 4) is 0 Å². The van der Waals surface area contributed by atoms with Crippen molar-refractivity contribution in [2.24, 2.45) is 11.8 Å². The molecule has 1 aromatic carbocycles. The van der Waals surface area contributed by atoms with Crippen LogP contribution in [0.3, 0.4) is 0 Å². The molecule has 3 nitrogen and oxygen atoms in total. The molecular formula is C25H40N2OY-2. The van der Waals surface area contributed by atoms with E-state index in [9.17, 15) is 5.11 Å². The fourth-order valence-electron chi connectivity index (χ4n) is 3.50. The van der Waals surface area contributed by atoms with Crippen LogP contribution in [0.5, 0.6) is 0 Å². The summed E-state index contributed by atoms with van der Waals surface area (Å²) in [6.07, 6.45) is 7.62. The molecule has 1 saturated carbocycles. The molecule has 0 aliphatic heterocycles. The van der Waals surface area contributed by atoms with E-state index < -0.39 is 0 Å². The molecule has 29 heavy (non-hydrogen) atoms. The number of nitrogens with zero attached hydrogens (tertiary/aromatic N) is 1. The van der Waals surface area contributed by atoms with Crippen molar-refractivity contribution in [1.82, 2.24) is 4.98 Å². The van der Waals surface area contributed by atoms with Crippen LogP contribution in [0.15, 0.2) is 48.8 Å². The van der Waals surface area contributed by atoms with E-state index in [-0.39, 0.29) is 38.8 Å². The van der Waals surface area contributed by atoms with E-state index in [0.29, 0.717) is 11.8 Å². The zero-order valence-electron chi connectivity index (χ0n) is 19.1. The minimum Gasteiger partial charge on any atom is -0.538 e. The van der Waals surface area contributed by atoms with Gasteiger partial charge in [0.1, 0.15) is 0 Å². The van der Waals surface area contributed by atoms with Crippen LogP contribution in [0.25, 0.3) is 0 Å². The number of hydrogen-bond acceptors (Lipinski definition) is 3. The van der Waals surface area contributed by atoms with E-state index in [0.717, 1.165) is 30.5 Å². The van der Waals surface area contributed by atoms with Crippen LogP contribution < -0.4 is 5.32 Å². The Hall–Kier alpha value is -0.766. The van der Waals surface area contributed by atoms with E-state index in [4.69, 9.17) is 0 Å². The van der Waals surface area contributed by atoms with E-state index in [1.807, 2.05) is 39.8 Å². The van der Waals surface area contributed by atoms with Gasteiger partial charge < -0.3 is 17.3 Å². The quantitative estimate of drug-likeness (QED) is 0.466. The Morgan fingerprint density at radius 3 is 2.21 bits per heavy atom. The second-order valence-electron chi connectivity index (χ2n) is 6.25. The maximum absolute atomic E-state index is 10.5. The number of hydrogen-bond donors (Lipinski definition) is 2. The van der Waals surface area contributed by atoms with E-state index in [1.165, 1.54) is 12.0 Å². The first-order valence-corrected chi connectivity index (χ1v) is 10.7. The van der Waals surface area contributed by atoms with Crippen molar-refractivity contribution < 1.29 is 37.8 Å². The van der Waals surface area contributed by atoms with Gasteiger partial charge in [-0.3, -0.25) is 12.0 Å². The topological polar surface area (TPSA) is 45.1 Å². The van der Waals surface area contributed by atoms with Crippen LogP contribution in [-0.4, -0.2) is 10.1 Å². The number of aliphatic hydroxyl groups excluding tert-OH is 1.